The fourth-order valence-electron chi connectivity index (χ4n) is 3.07. The number of aromatic amines is 1. The Labute approximate surface area is 149 Å². The highest BCUT2D eigenvalue weighted by atomic mass is 16.6. The van der Waals surface area contributed by atoms with Crippen molar-refractivity contribution in [3.05, 3.63) is 16.6 Å². The van der Waals surface area contributed by atoms with Crippen LogP contribution >= 0.6 is 0 Å². The molecule has 0 bridgehead atoms. The molecule has 0 aliphatic carbocycles. The van der Waals surface area contributed by atoms with E-state index in [2.05, 4.69) is 15.1 Å². The van der Waals surface area contributed by atoms with E-state index in [0.29, 0.717) is 30.9 Å². The normalized spacial score (nSPS) is 26.0. The van der Waals surface area contributed by atoms with Crippen LogP contribution in [0.25, 0.3) is 11.0 Å². The smallest absolute Gasteiger partial charge is 0.263 e. The number of rotatable bonds is 8. The van der Waals surface area contributed by atoms with Crippen molar-refractivity contribution in [2.45, 2.75) is 24.5 Å². The maximum absolute atomic E-state index is 12.0. The van der Waals surface area contributed by atoms with Gasteiger partial charge in [0.25, 0.3) is 5.56 Å². The molecule has 3 rings (SSSR count). The third-order valence-corrected chi connectivity index (χ3v) is 4.21. The Balaban J connectivity index is 1.98. The summed E-state index contributed by atoms with van der Waals surface area (Å²) in [5, 5.41) is 4.58. The second-order valence-corrected chi connectivity index (χ2v) is 5.83. The molecule has 4 atom stereocenters. The number of hydrogen-bond acceptors (Lipinski definition) is 9. The second-order valence-electron chi connectivity index (χ2n) is 5.83. The van der Waals surface area contributed by atoms with Crippen molar-refractivity contribution in [3.8, 4) is 0 Å². The highest BCUT2D eigenvalue weighted by molar-refractivity contribution is 5.74. The molecule has 26 heavy (non-hydrogen) atoms. The molecule has 1 fully saturated rings. The summed E-state index contributed by atoms with van der Waals surface area (Å²) in [6.45, 7) is 1.07. The minimum atomic E-state index is -0.664. The summed E-state index contributed by atoms with van der Waals surface area (Å²) in [5.74, 6) is -0.00386. The molecular formula is C15H23N5O6. The molecular weight excluding hydrogens is 346 g/mol. The molecule has 3 heterocycles. The Kier molecular flexibility index (Phi) is 5.84. The summed E-state index contributed by atoms with van der Waals surface area (Å²) in [5.41, 5.74) is 5.61. The SMILES string of the molecule is COCCO[C@H]1C(OC)[C@@H](COC)O[C@H]1n1ncc2c(=O)[nH]c(N)nc21. The lowest BCUT2D eigenvalue weighted by Crippen LogP contribution is -2.38. The van der Waals surface area contributed by atoms with E-state index in [1.54, 1.807) is 21.3 Å². The van der Waals surface area contributed by atoms with E-state index < -0.39 is 18.4 Å². The first kappa shape index (κ1) is 18.7. The summed E-state index contributed by atoms with van der Waals surface area (Å²) < 4.78 is 29.3. The van der Waals surface area contributed by atoms with Crippen molar-refractivity contribution in [2.75, 3.05) is 46.9 Å². The minimum absolute atomic E-state index is 0.00386. The van der Waals surface area contributed by atoms with Gasteiger partial charge in [-0.15, -0.1) is 0 Å². The molecule has 1 saturated heterocycles. The van der Waals surface area contributed by atoms with Crippen LogP contribution in [0.15, 0.2) is 11.0 Å². The first-order chi connectivity index (χ1) is 12.6. The number of fused-ring (bicyclic) bond motifs is 1. The number of ether oxygens (including phenoxy) is 5. The van der Waals surface area contributed by atoms with Gasteiger partial charge in [-0.3, -0.25) is 9.78 Å². The summed E-state index contributed by atoms with van der Waals surface area (Å²) >= 11 is 0. The molecule has 11 heteroatoms. The monoisotopic (exact) mass is 369 g/mol. The minimum Gasteiger partial charge on any atom is -0.382 e. The van der Waals surface area contributed by atoms with Gasteiger partial charge in [0.05, 0.1) is 26.0 Å². The Hall–Kier alpha value is -2.05. The van der Waals surface area contributed by atoms with Crippen LogP contribution in [0, 0.1) is 0 Å². The van der Waals surface area contributed by atoms with Crippen molar-refractivity contribution >= 4 is 17.0 Å². The number of nitrogens with zero attached hydrogens (tertiary/aromatic N) is 3. The van der Waals surface area contributed by atoms with E-state index in [9.17, 15) is 4.79 Å². The number of anilines is 1. The highest BCUT2D eigenvalue weighted by Crippen LogP contribution is 2.34. The van der Waals surface area contributed by atoms with Crippen LogP contribution < -0.4 is 11.3 Å². The highest BCUT2D eigenvalue weighted by Gasteiger charge is 2.47. The van der Waals surface area contributed by atoms with E-state index in [-0.39, 0.29) is 17.6 Å². The fourth-order valence-corrected chi connectivity index (χ4v) is 3.07. The van der Waals surface area contributed by atoms with Crippen LogP contribution in [0.3, 0.4) is 0 Å². The van der Waals surface area contributed by atoms with Crippen LogP contribution in [-0.2, 0) is 23.7 Å². The molecule has 0 radical (unpaired) electrons. The lowest BCUT2D eigenvalue weighted by molar-refractivity contribution is -0.0864. The predicted octanol–water partition coefficient (Wildman–Crippen LogP) is -0.708. The van der Waals surface area contributed by atoms with Gasteiger partial charge in [-0.1, -0.05) is 0 Å². The number of methoxy groups -OCH3 is 3. The third kappa shape index (κ3) is 3.44. The Morgan fingerprint density at radius 1 is 1.27 bits per heavy atom. The zero-order valence-corrected chi connectivity index (χ0v) is 14.9. The lowest BCUT2D eigenvalue weighted by Gasteiger charge is -2.23. The molecule has 2 aromatic heterocycles. The first-order valence-corrected chi connectivity index (χ1v) is 8.11. The standard InChI is InChI=1S/C15H23N5O6/c1-22-4-5-25-11-10(24-3)9(7-23-2)26-14(11)20-12-8(6-17-20)13(21)19-15(16)18-12/h6,9-11,14H,4-5,7H2,1-3H3,(H3,16,18,19,21)/t9-,10?,11+,14-/m1/s1. The van der Waals surface area contributed by atoms with Crippen LogP contribution in [0.4, 0.5) is 5.95 Å². The maximum Gasteiger partial charge on any atom is 0.263 e. The molecule has 144 valence electrons. The molecule has 1 unspecified atom stereocenters. The Bertz CT molecular complexity index is 792. The summed E-state index contributed by atoms with van der Waals surface area (Å²) in [6, 6.07) is 0. The number of nitrogen functional groups attached to an aromatic ring is 1. The number of aromatic nitrogens is 4. The van der Waals surface area contributed by atoms with Gasteiger partial charge in [-0.25, -0.2) is 4.68 Å². The number of H-pyrrole nitrogens is 1. The zero-order valence-electron chi connectivity index (χ0n) is 14.9. The van der Waals surface area contributed by atoms with Gasteiger partial charge < -0.3 is 29.4 Å². The van der Waals surface area contributed by atoms with E-state index in [1.807, 2.05) is 0 Å². The maximum atomic E-state index is 12.0. The van der Waals surface area contributed by atoms with Gasteiger partial charge >= 0.3 is 0 Å². The predicted molar refractivity (Wildman–Crippen MR) is 90.8 cm³/mol. The molecule has 1 aliphatic rings. The Morgan fingerprint density at radius 3 is 2.77 bits per heavy atom. The van der Waals surface area contributed by atoms with E-state index >= 15 is 0 Å². The first-order valence-electron chi connectivity index (χ1n) is 8.11. The topological polar surface area (TPSA) is 136 Å². The molecule has 3 N–H and O–H groups in total. The molecule has 0 spiro atoms. The number of nitrogens with one attached hydrogen (secondary N) is 1. The quantitative estimate of drug-likeness (QED) is 0.578. The van der Waals surface area contributed by atoms with Crippen molar-refractivity contribution in [1.82, 2.24) is 19.7 Å². The van der Waals surface area contributed by atoms with E-state index in [1.165, 1.54) is 10.9 Å². The average Bonchev–Trinajstić information content (AvgIpc) is 3.17. The van der Waals surface area contributed by atoms with Crippen molar-refractivity contribution in [2.24, 2.45) is 0 Å². The van der Waals surface area contributed by atoms with Gasteiger partial charge in [-0.2, -0.15) is 10.1 Å². The van der Waals surface area contributed by atoms with Crippen molar-refractivity contribution < 1.29 is 23.7 Å². The second kappa shape index (κ2) is 8.10. The molecule has 11 nitrogen and oxygen atoms in total. The van der Waals surface area contributed by atoms with Crippen LogP contribution in [0.5, 0.6) is 0 Å². The van der Waals surface area contributed by atoms with Crippen LogP contribution in [-0.4, -0.2) is 79.2 Å². The molecule has 0 amide bonds. The van der Waals surface area contributed by atoms with Gasteiger partial charge in [0.2, 0.25) is 5.95 Å². The molecule has 1 aliphatic heterocycles. The van der Waals surface area contributed by atoms with E-state index in [0.717, 1.165) is 0 Å². The summed E-state index contributed by atoms with van der Waals surface area (Å²) in [4.78, 5) is 18.7. The summed E-state index contributed by atoms with van der Waals surface area (Å²) in [6.07, 6.45) is -0.512. The Morgan fingerprint density at radius 2 is 2.08 bits per heavy atom. The molecule has 0 aromatic carbocycles. The van der Waals surface area contributed by atoms with Gasteiger partial charge in [0, 0.05) is 21.3 Å². The fraction of sp³-hybridized carbons (Fsp3) is 0.667. The van der Waals surface area contributed by atoms with Gasteiger partial charge in [-0.05, 0) is 0 Å². The third-order valence-electron chi connectivity index (χ3n) is 4.21. The molecule has 2 aromatic rings. The number of hydrogen-bond donors (Lipinski definition) is 2. The lowest BCUT2D eigenvalue weighted by atomic mass is 10.1. The van der Waals surface area contributed by atoms with Gasteiger partial charge in [0.15, 0.2) is 11.9 Å². The zero-order chi connectivity index (χ0) is 18.7. The van der Waals surface area contributed by atoms with Crippen LogP contribution in [0.2, 0.25) is 0 Å². The molecule has 0 saturated carbocycles. The van der Waals surface area contributed by atoms with E-state index in [4.69, 9.17) is 29.4 Å². The summed E-state index contributed by atoms with van der Waals surface area (Å²) in [7, 11) is 4.75. The van der Waals surface area contributed by atoms with Crippen molar-refractivity contribution in [1.29, 1.82) is 0 Å². The van der Waals surface area contributed by atoms with Gasteiger partial charge in [0.1, 0.15) is 23.7 Å². The largest absolute Gasteiger partial charge is 0.382 e. The average molecular weight is 369 g/mol. The number of nitrogens with two attached hydrogens (primary N) is 1. The van der Waals surface area contributed by atoms with Crippen molar-refractivity contribution in [3.63, 3.8) is 0 Å². The van der Waals surface area contributed by atoms with Crippen LogP contribution in [0.1, 0.15) is 6.23 Å².